The minimum Gasteiger partial charge on any atom is -0.313 e. The van der Waals surface area contributed by atoms with Crippen molar-refractivity contribution in [1.29, 1.82) is 0 Å². The largest absolute Gasteiger partial charge is 0.313 e. The summed E-state index contributed by atoms with van der Waals surface area (Å²) in [6.07, 6.45) is 4.13. The zero-order valence-corrected chi connectivity index (χ0v) is 11.7. The molecule has 0 spiro atoms. The molecule has 0 amide bonds. The van der Waals surface area contributed by atoms with Crippen molar-refractivity contribution >= 4 is 0 Å². The van der Waals surface area contributed by atoms with Crippen molar-refractivity contribution in [3.63, 3.8) is 0 Å². The molecule has 1 aromatic heterocycles. The Balaban J connectivity index is 2.85. The van der Waals surface area contributed by atoms with Crippen LogP contribution in [0.3, 0.4) is 0 Å². The Morgan fingerprint density at radius 3 is 2.59 bits per heavy atom. The third-order valence-electron chi connectivity index (χ3n) is 3.24. The Morgan fingerprint density at radius 2 is 2.00 bits per heavy atom. The minimum absolute atomic E-state index is 0.416. The van der Waals surface area contributed by atoms with E-state index in [1.807, 2.05) is 20.0 Å². The molecule has 1 N–H and O–H groups in total. The second-order valence-corrected chi connectivity index (χ2v) is 4.74. The average molecular weight is 235 g/mol. The van der Waals surface area contributed by atoms with Crippen LogP contribution in [-0.4, -0.2) is 22.6 Å². The fraction of sp³-hybridized carbons (Fsp3) is 0.714. The summed E-state index contributed by atoms with van der Waals surface area (Å²) in [6.45, 7) is 11.8. The molecule has 0 aliphatic carbocycles. The van der Waals surface area contributed by atoms with E-state index in [0.29, 0.717) is 12.0 Å². The Labute approximate surface area is 105 Å². The van der Waals surface area contributed by atoms with Gasteiger partial charge in [-0.15, -0.1) is 0 Å². The zero-order chi connectivity index (χ0) is 12.8. The molecule has 17 heavy (non-hydrogen) atoms. The van der Waals surface area contributed by atoms with E-state index in [9.17, 15) is 0 Å². The molecule has 0 fully saturated rings. The van der Waals surface area contributed by atoms with Crippen LogP contribution in [0, 0.1) is 13.8 Å². The summed E-state index contributed by atoms with van der Waals surface area (Å²) < 4.78 is 0. The standard InChI is InChI=1S/C14H25N3/c1-6-8-15-13(7-2)11(4)14-12(5)16-9-10(3)17-14/h9,11,13,15H,6-8H2,1-5H3. The van der Waals surface area contributed by atoms with Gasteiger partial charge in [0.25, 0.3) is 0 Å². The van der Waals surface area contributed by atoms with Gasteiger partial charge in [0.05, 0.1) is 17.1 Å². The summed E-state index contributed by atoms with van der Waals surface area (Å²) in [5.41, 5.74) is 3.20. The van der Waals surface area contributed by atoms with Gasteiger partial charge < -0.3 is 5.32 Å². The molecule has 1 aromatic rings. The van der Waals surface area contributed by atoms with E-state index in [1.54, 1.807) is 0 Å². The van der Waals surface area contributed by atoms with Gasteiger partial charge in [-0.25, -0.2) is 0 Å². The number of nitrogens with one attached hydrogen (secondary N) is 1. The normalized spacial score (nSPS) is 14.6. The lowest BCUT2D eigenvalue weighted by atomic mass is 9.94. The second-order valence-electron chi connectivity index (χ2n) is 4.74. The summed E-state index contributed by atoms with van der Waals surface area (Å²) in [5, 5.41) is 3.60. The van der Waals surface area contributed by atoms with Crippen LogP contribution in [0.4, 0.5) is 0 Å². The first-order valence-corrected chi connectivity index (χ1v) is 6.63. The molecule has 0 saturated heterocycles. The first kappa shape index (κ1) is 14.1. The number of nitrogens with zero attached hydrogens (tertiary/aromatic N) is 2. The molecule has 1 rings (SSSR count). The molecule has 2 unspecified atom stereocenters. The fourth-order valence-corrected chi connectivity index (χ4v) is 2.18. The summed E-state index contributed by atoms with van der Waals surface area (Å²) in [4.78, 5) is 9.05. The van der Waals surface area contributed by atoms with Crippen LogP contribution >= 0.6 is 0 Å². The Kier molecular flexibility index (Phi) is 5.56. The van der Waals surface area contributed by atoms with Gasteiger partial charge in [0.1, 0.15) is 0 Å². The van der Waals surface area contributed by atoms with E-state index in [2.05, 4.69) is 36.1 Å². The third kappa shape index (κ3) is 3.77. The molecular weight excluding hydrogens is 210 g/mol. The predicted molar refractivity (Wildman–Crippen MR) is 72.3 cm³/mol. The highest BCUT2D eigenvalue weighted by molar-refractivity contribution is 5.18. The first-order valence-electron chi connectivity index (χ1n) is 6.63. The fourth-order valence-electron chi connectivity index (χ4n) is 2.18. The maximum absolute atomic E-state index is 4.65. The predicted octanol–water partition coefficient (Wildman–Crippen LogP) is 2.98. The monoisotopic (exact) mass is 235 g/mol. The van der Waals surface area contributed by atoms with Gasteiger partial charge in [-0.3, -0.25) is 9.97 Å². The summed E-state index contributed by atoms with van der Waals surface area (Å²) in [7, 11) is 0. The molecule has 3 heteroatoms. The Morgan fingerprint density at radius 1 is 1.29 bits per heavy atom. The molecule has 0 saturated carbocycles. The van der Waals surface area contributed by atoms with Crippen molar-refractivity contribution < 1.29 is 0 Å². The van der Waals surface area contributed by atoms with Crippen LogP contribution in [0.5, 0.6) is 0 Å². The highest BCUT2D eigenvalue weighted by Gasteiger charge is 2.20. The minimum atomic E-state index is 0.416. The second kappa shape index (κ2) is 6.70. The molecule has 0 aliphatic heterocycles. The maximum Gasteiger partial charge on any atom is 0.0662 e. The van der Waals surface area contributed by atoms with Crippen LogP contribution < -0.4 is 5.32 Å². The van der Waals surface area contributed by atoms with Gasteiger partial charge >= 0.3 is 0 Å². The number of rotatable bonds is 6. The van der Waals surface area contributed by atoms with Gasteiger partial charge in [0.2, 0.25) is 0 Å². The van der Waals surface area contributed by atoms with Crippen LogP contribution in [0.2, 0.25) is 0 Å². The van der Waals surface area contributed by atoms with Crippen molar-refractivity contribution in [2.45, 2.75) is 59.4 Å². The molecule has 3 nitrogen and oxygen atoms in total. The van der Waals surface area contributed by atoms with Gasteiger partial charge in [0, 0.05) is 18.2 Å². The third-order valence-corrected chi connectivity index (χ3v) is 3.24. The topological polar surface area (TPSA) is 37.8 Å². The SMILES string of the molecule is CCCNC(CC)C(C)c1nc(C)cnc1C. The smallest absolute Gasteiger partial charge is 0.0662 e. The Bertz CT molecular complexity index is 349. The van der Waals surface area contributed by atoms with Crippen molar-refractivity contribution in [3.8, 4) is 0 Å². The van der Waals surface area contributed by atoms with E-state index in [-0.39, 0.29) is 0 Å². The lowest BCUT2D eigenvalue weighted by molar-refractivity contribution is 0.430. The highest BCUT2D eigenvalue weighted by atomic mass is 14.9. The van der Waals surface area contributed by atoms with E-state index in [0.717, 1.165) is 30.0 Å². The van der Waals surface area contributed by atoms with E-state index < -0.39 is 0 Å². The van der Waals surface area contributed by atoms with Crippen molar-refractivity contribution in [3.05, 3.63) is 23.3 Å². The van der Waals surface area contributed by atoms with Crippen molar-refractivity contribution in [1.82, 2.24) is 15.3 Å². The summed E-state index contributed by atoms with van der Waals surface area (Å²) in [6, 6.07) is 0.491. The quantitative estimate of drug-likeness (QED) is 0.823. The first-order chi connectivity index (χ1) is 8.10. The van der Waals surface area contributed by atoms with Crippen LogP contribution in [0.15, 0.2) is 6.20 Å². The molecule has 96 valence electrons. The number of aromatic nitrogens is 2. The summed E-state index contributed by atoms with van der Waals surface area (Å²) >= 11 is 0. The van der Waals surface area contributed by atoms with Gasteiger partial charge in [0.15, 0.2) is 0 Å². The van der Waals surface area contributed by atoms with Gasteiger partial charge in [-0.1, -0.05) is 20.8 Å². The maximum atomic E-state index is 4.65. The van der Waals surface area contributed by atoms with Crippen LogP contribution in [0.25, 0.3) is 0 Å². The molecule has 0 aromatic carbocycles. The molecule has 0 bridgehead atoms. The zero-order valence-electron chi connectivity index (χ0n) is 11.7. The molecule has 0 aliphatic rings. The number of hydrogen-bond donors (Lipinski definition) is 1. The molecule has 0 radical (unpaired) electrons. The molecule has 2 atom stereocenters. The lowest BCUT2D eigenvalue weighted by Crippen LogP contribution is -2.34. The van der Waals surface area contributed by atoms with Crippen LogP contribution in [0.1, 0.15) is 56.6 Å². The van der Waals surface area contributed by atoms with Gasteiger partial charge in [-0.05, 0) is 33.2 Å². The van der Waals surface area contributed by atoms with E-state index in [4.69, 9.17) is 0 Å². The molecular formula is C14H25N3. The highest BCUT2D eigenvalue weighted by Crippen LogP contribution is 2.21. The lowest BCUT2D eigenvalue weighted by Gasteiger charge is -2.24. The average Bonchev–Trinajstić information content (AvgIpc) is 2.33. The van der Waals surface area contributed by atoms with E-state index >= 15 is 0 Å². The van der Waals surface area contributed by atoms with Gasteiger partial charge in [-0.2, -0.15) is 0 Å². The Hall–Kier alpha value is -0.960. The van der Waals surface area contributed by atoms with Crippen molar-refractivity contribution in [2.75, 3.05) is 6.54 Å². The van der Waals surface area contributed by atoms with E-state index in [1.165, 1.54) is 6.42 Å². The number of aryl methyl sites for hydroxylation is 2. The summed E-state index contributed by atoms with van der Waals surface area (Å²) in [5.74, 6) is 0.416. The number of hydrogen-bond acceptors (Lipinski definition) is 3. The van der Waals surface area contributed by atoms with Crippen LogP contribution in [-0.2, 0) is 0 Å². The molecule has 1 heterocycles. The van der Waals surface area contributed by atoms with Crippen molar-refractivity contribution in [2.24, 2.45) is 0 Å².